The van der Waals surface area contributed by atoms with Crippen molar-refractivity contribution in [3.05, 3.63) is 0 Å². The first kappa shape index (κ1) is 30.1. The molecule has 1 aliphatic rings. The molecule has 16 heavy (non-hydrogen) atoms. The smallest absolute Gasteiger partial charge is 0 e. The maximum atomic E-state index is 2.36. The van der Waals surface area contributed by atoms with Gasteiger partial charge < -0.3 is 0 Å². The summed E-state index contributed by atoms with van der Waals surface area (Å²) in [5, 5.41) is 0. The molecule has 0 aromatic carbocycles. The van der Waals surface area contributed by atoms with Gasteiger partial charge in [0, 0.05) is 21.1 Å². The monoisotopic (exact) mass is 413 g/mol. The Kier molecular flexibility index (Phi) is 39.5. The molecule has 1 saturated carbocycles. The zero-order valence-electron chi connectivity index (χ0n) is 9.71. The zero-order valence-corrected chi connectivity index (χ0v) is 12.0. The Labute approximate surface area is 121 Å². The molecule has 0 saturated heterocycles. The Hall–Kier alpha value is 0.688. The van der Waals surface area contributed by atoms with E-state index in [0.717, 1.165) is 11.8 Å². The average Bonchev–Trinajstić information content (AvgIpc) is 2.39. The van der Waals surface area contributed by atoms with E-state index >= 15 is 0 Å². The molecule has 0 nitrogen and oxygen atoms in total. The predicted molar refractivity (Wildman–Crippen MR) is 77.6 cm³/mol. The number of hydrogen-bond acceptors (Lipinski definition) is 0. The van der Waals surface area contributed by atoms with Gasteiger partial charge in [-0.3, -0.25) is 0 Å². The summed E-state index contributed by atoms with van der Waals surface area (Å²) < 4.78 is 0. The minimum atomic E-state index is 0. The molecular formula is C15H38Pt. The van der Waals surface area contributed by atoms with Crippen molar-refractivity contribution in [1.82, 2.24) is 0 Å². The van der Waals surface area contributed by atoms with Crippen LogP contribution in [-0.4, -0.2) is 0 Å². The largest absolute Gasteiger partial charge is 0.0776 e. The van der Waals surface area contributed by atoms with E-state index in [1.54, 1.807) is 0 Å². The van der Waals surface area contributed by atoms with Crippen molar-refractivity contribution in [2.75, 3.05) is 0 Å². The zero-order chi connectivity index (χ0) is 9.40. The van der Waals surface area contributed by atoms with Crippen molar-refractivity contribution >= 4 is 0 Å². The van der Waals surface area contributed by atoms with Crippen LogP contribution in [0.5, 0.6) is 0 Å². The second-order valence-corrected chi connectivity index (χ2v) is 4.24. The summed E-state index contributed by atoms with van der Waals surface area (Å²) in [6.45, 7) is 9.14. The Bertz CT molecular complexity index is 81.4. The van der Waals surface area contributed by atoms with Gasteiger partial charge in [-0.15, -0.1) is 0 Å². The van der Waals surface area contributed by atoms with E-state index in [2.05, 4.69) is 27.7 Å². The molecule has 0 aromatic rings. The second-order valence-electron chi connectivity index (χ2n) is 4.24. The molecule has 2 unspecified atom stereocenters. The van der Waals surface area contributed by atoms with Crippen LogP contribution in [0.4, 0.5) is 0 Å². The quantitative estimate of drug-likeness (QED) is 0.482. The Morgan fingerprint density at radius 1 is 0.812 bits per heavy atom. The molecule has 0 bridgehead atoms. The van der Waals surface area contributed by atoms with Crippen molar-refractivity contribution in [2.24, 2.45) is 11.8 Å². The van der Waals surface area contributed by atoms with Gasteiger partial charge in [-0.25, -0.2) is 0 Å². The van der Waals surface area contributed by atoms with E-state index in [1.165, 1.54) is 38.5 Å². The fourth-order valence-corrected chi connectivity index (χ4v) is 1.68. The molecule has 1 rings (SSSR count). The minimum Gasteiger partial charge on any atom is -0.0776 e. The summed E-state index contributed by atoms with van der Waals surface area (Å²) >= 11 is 0. The molecule has 0 amide bonds. The average molecular weight is 414 g/mol. The molecule has 0 aromatic heterocycles. The first-order valence-electron chi connectivity index (χ1n) is 5.72. The van der Waals surface area contributed by atoms with Crippen LogP contribution in [0.3, 0.4) is 0 Å². The Morgan fingerprint density at radius 3 is 1.19 bits per heavy atom. The van der Waals surface area contributed by atoms with E-state index in [1.807, 2.05) is 0 Å². The summed E-state index contributed by atoms with van der Waals surface area (Å²) in [6, 6.07) is 0. The van der Waals surface area contributed by atoms with Crippen LogP contribution in [0.1, 0.15) is 88.5 Å². The fraction of sp³-hybridized carbons (Fsp3) is 1.00. The third kappa shape index (κ3) is 17.1. The number of hydrogen-bond donors (Lipinski definition) is 0. The fourth-order valence-electron chi connectivity index (χ4n) is 1.68. The summed E-state index contributed by atoms with van der Waals surface area (Å²) in [7, 11) is 0. The van der Waals surface area contributed by atoms with Gasteiger partial charge in [-0.2, -0.15) is 0 Å². The standard InChI is InChI=1S/C7H14.C5H12.3CH4.Pt/c1-6-4-3-5-7(6)2;1-3-5-4-2;;;;/h6-7H,3-5H2,1-2H3;3-5H2,1-2H3;3*1H4;. The van der Waals surface area contributed by atoms with Gasteiger partial charge in [0.1, 0.15) is 0 Å². The van der Waals surface area contributed by atoms with E-state index in [-0.39, 0.29) is 43.3 Å². The van der Waals surface area contributed by atoms with Crippen molar-refractivity contribution in [2.45, 2.75) is 88.5 Å². The molecule has 1 heteroatoms. The van der Waals surface area contributed by atoms with Gasteiger partial charge in [0.25, 0.3) is 0 Å². The van der Waals surface area contributed by atoms with Crippen molar-refractivity contribution in [1.29, 1.82) is 0 Å². The van der Waals surface area contributed by atoms with Crippen LogP contribution in [-0.2, 0) is 21.1 Å². The van der Waals surface area contributed by atoms with Gasteiger partial charge in [0.15, 0.2) is 0 Å². The number of rotatable bonds is 2. The van der Waals surface area contributed by atoms with Gasteiger partial charge in [-0.1, -0.05) is 88.5 Å². The molecule has 0 aliphatic heterocycles. The van der Waals surface area contributed by atoms with E-state index in [0.29, 0.717) is 0 Å². The number of unbranched alkanes of at least 4 members (excludes halogenated alkanes) is 2. The van der Waals surface area contributed by atoms with E-state index in [4.69, 9.17) is 0 Å². The van der Waals surface area contributed by atoms with Crippen LogP contribution >= 0.6 is 0 Å². The molecule has 0 heterocycles. The van der Waals surface area contributed by atoms with Gasteiger partial charge >= 0.3 is 0 Å². The van der Waals surface area contributed by atoms with Gasteiger partial charge in [0.2, 0.25) is 0 Å². The first-order chi connectivity index (χ1) is 5.72. The van der Waals surface area contributed by atoms with Crippen LogP contribution in [0.2, 0.25) is 0 Å². The van der Waals surface area contributed by atoms with Crippen LogP contribution < -0.4 is 0 Å². The topological polar surface area (TPSA) is 0 Å². The maximum absolute atomic E-state index is 2.36. The predicted octanol–water partition coefficient (Wildman–Crippen LogP) is 6.54. The third-order valence-electron chi connectivity index (χ3n) is 3.00. The van der Waals surface area contributed by atoms with Crippen LogP contribution in [0.15, 0.2) is 0 Å². The van der Waals surface area contributed by atoms with Crippen molar-refractivity contribution in [3.63, 3.8) is 0 Å². The minimum absolute atomic E-state index is 0. The second kappa shape index (κ2) is 21.0. The molecule has 0 N–H and O–H groups in total. The summed E-state index contributed by atoms with van der Waals surface area (Å²) in [5.41, 5.74) is 0. The van der Waals surface area contributed by atoms with Gasteiger partial charge in [-0.05, 0) is 11.8 Å². The normalized spacial score (nSPS) is 21.0. The summed E-state index contributed by atoms with van der Waals surface area (Å²) in [5.74, 6) is 2.03. The Balaban J connectivity index is -0.0000000419. The summed E-state index contributed by atoms with van der Waals surface area (Å²) in [6.07, 6.45) is 8.50. The molecule has 2 atom stereocenters. The SMILES string of the molecule is C.C.C.CC1CCCC1C.CCCCC.[Pt]. The van der Waals surface area contributed by atoms with Crippen LogP contribution in [0.25, 0.3) is 0 Å². The van der Waals surface area contributed by atoms with E-state index < -0.39 is 0 Å². The third-order valence-corrected chi connectivity index (χ3v) is 3.00. The molecule has 0 spiro atoms. The van der Waals surface area contributed by atoms with Gasteiger partial charge in [0.05, 0.1) is 0 Å². The molecule has 1 aliphatic carbocycles. The van der Waals surface area contributed by atoms with Crippen molar-refractivity contribution < 1.29 is 21.1 Å². The van der Waals surface area contributed by atoms with E-state index in [9.17, 15) is 0 Å². The molecule has 0 radical (unpaired) electrons. The van der Waals surface area contributed by atoms with Crippen LogP contribution in [0, 0.1) is 11.8 Å². The Morgan fingerprint density at radius 2 is 1.12 bits per heavy atom. The summed E-state index contributed by atoms with van der Waals surface area (Å²) in [4.78, 5) is 0. The molecule has 1 fully saturated rings. The first-order valence-corrected chi connectivity index (χ1v) is 5.72. The maximum Gasteiger partial charge on any atom is 0 e. The molecule has 108 valence electrons. The van der Waals surface area contributed by atoms with Crippen molar-refractivity contribution in [3.8, 4) is 0 Å². The molecular weight excluding hydrogens is 375 g/mol.